The molecule has 0 fully saturated rings. The van der Waals surface area contributed by atoms with E-state index < -0.39 is 8.07 Å². The molecule has 0 atom stereocenters. The Morgan fingerprint density at radius 3 is 2.68 bits per heavy atom. The summed E-state index contributed by atoms with van der Waals surface area (Å²) in [5.74, 6) is 0. The van der Waals surface area contributed by atoms with Gasteiger partial charge in [-0.1, -0.05) is 74.6 Å². The molecule has 0 amide bonds. The fraction of sp³-hybridized carbons (Fsp3) is 0.444. The standard InChI is InChI=1S/C18H26Si/c1-5-6-8-15-13-17-10-7-9-16(18(17)14-15)11-12-19(2,3)4/h7,9-12,14H,5-6,8,13H2,1-4H3. The first-order valence-electron chi connectivity index (χ1n) is 7.50. The van der Waals surface area contributed by atoms with Gasteiger partial charge in [-0.15, -0.1) is 0 Å². The quantitative estimate of drug-likeness (QED) is 0.601. The number of unbranched alkanes of at least 4 members (excludes halogenated alkanes) is 1. The smallest absolute Gasteiger partial charge is 0.0687 e. The zero-order valence-electron chi connectivity index (χ0n) is 12.8. The Hall–Kier alpha value is -1.08. The summed E-state index contributed by atoms with van der Waals surface area (Å²) in [5.41, 5.74) is 8.46. The third-order valence-electron chi connectivity index (χ3n) is 3.61. The molecule has 0 bridgehead atoms. The Morgan fingerprint density at radius 1 is 1.21 bits per heavy atom. The molecule has 1 heteroatoms. The average molecular weight is 270 g/mol. The fourth-order valence-corrected chi connectivity index (χ4v) is 3.19. The van der Waals surface area contributed by atoms with Crippen molar-refractivity contribution in [3.05, 3.63) is 46.2 Å². The molecule has 2 rings (SSSR count). The van der Waals surface area contributed by atoms with Gasteiger partial charge >= 0.3 is 0 Å². The van der Waals surface area contributed by atoms with Crippen LogP contribution in [-0.4, -0.2) is 8.07 Å². The Kier molecular flexibility index (Phi) is 4.46. The molecule has 1 aromatic carbocycles. The summed E-state index contributed by atoms with van der Waals surface area (Å²) in [6.07, 6.45) is 9.83. The molecule has 0 radical (unpaired) electrons. The van der Waals surface area contributed by atoms with Gasteiger partial charge in [0, 0.05) is 0 Å². The minimum atomic E-state index is -1.11. The lowest BCUT2D eigenvalue weighted by Gasteiger charge is -2.09. The van der Waals surface area contributed by atoms with Crippen LogP contribution in [0.25, 0.3) is 12.2 Å². The van der Waals surface area contributed by atoms with Crippen LogP contribution in [0, 0.1) is 0 Å². The fourth-order valence-electron chi connectivity index (χ4n) is 2.51. The third-order valence-corrected chi connectivity index (χ3v) is 4.78. The van der Waals surface area contributed by atoms with Crippen LogP contribution in [0.4, 0.5) is 0 Å². The van der Waals surface area contributed by atoms with E-state index in [1.165, 1.54) is 42.4 Å². The molecule has 0 unspecified atom stereocenters. The van der Waals surface area contributed by atoms with Gasteiger partial charge in [0.2, 0.25) is 0 Å². The van der Waals surface area contributed by atoms with Crippen LogP contribution in [-0.2, 0) is 6.42 Å². The van der Waals surface area contributed by atoms with Crippen molar-refractivity contribution in [1.29, 1.82) is 0 Å². The SMILES string of the molecule is CCCCC1=Cc2c(C=C[Si](C)(C)C)cccc2C1. The molecule has 0 spiro atoms. The van der Waals surface area contributed by atoms with Crippen molar-refractivity contribution in [3.8, 4) is 0 Å². The zero-order chi connectivity index (χ0) is 13.9. The molecule has 19 heavy (non-hydrogen) atoms. The van der Waals surface area contributed by atoms with Gasteiger partial charge < -0.3 is 0 Å². The predicted molar refractivity (Wildman–Crippen MR) is 90.0 cm³/mol. The van der Waals surface area contributed by atoms with Crippen molar-refractivity contribution in [2.45, 2.75) is 52.2 Å². The monoisotopic (exact) mass is 270 g/mol. The maximum atomic E-state index is 2.44. The highest BCUT2D eigenvalue weighted by molar-refractivity contribution is 6.81. The summed E-state index contributed by atoms with van der Waals surface area (Å²) in [6.45, 7) is 9.42. The highest BCUT2D eigenvalue weighted by atomic mass is 28.3. The predicted octanol–water partition coefficient (Wildman–Crippen LogP) is 5.71. The first-order valence-corrected chi connectivity index (χ1v) is 11.1. The van der Waals surface area contributed by atoms with E-state index in [2.05, 4.69) is 62.6 Å². The van der Waals surface area contributed by atoms with Gasteiger partial charge in [-0.3, -0.25) is 0 Å². The Bertz CT molecular complexity index is 501. The van der Waals surface area contributed by atoms with Crippen molar-refractivity contribution in [1.82, 2.24) is 0 Å². The molecule has 1 aliphatic carbocycles. The average Bonchev–Trinajstić information content (AvgIpc) is 2.76. The summed E-state index contributed by atoms with van der Waals surface area (Å²) in [6, 6.07) is 6.75. The maximum absolute atomic E-state index is 2.44. The van der Waals surface area contributed by atoms with E-state index in [9.17, 15) is 0 Å². The van der Waals surface area contributed by atoms with Crippen molar-refractivity contribution in [2.75, 3.05) is 0 Å². The van der Waals surface area contributed by atoms with Crippen LogP contribution < -0.4 is 0 Å². The van der Waals surface area contributed by atoms with Crippen LogP contribution in [0.2, 0.25) is 19.6 Å². The Labute approximate surface area is 119 Å². The summed E-state index contributed by atoms with van der Waals surface area (Å²) >= 11 is 0. The van der Waals surface area contributed by atoms with Crippen molar-refractivity contribution >= 4 is 20.2 Å². The normalized spacial score (nSPS) is 14.8. The van der Waals surface area contributed by atoms with E-state index in [0.29, 0.717) is 0 Å². The lowest BCUT2D eigenvalue weighted by molar-refractivity contribution is 0.779. The molecule has 1 aromatic rings. The van der Waals surface area contributed by atoms with Gasteiger partial charge in [0.05, 0.1) is 8.07 Å². The molecule has 1 aliphatic rings. The molecule has 0 heterocycles. The lowest BCUT2D eigenvalue weighted by Crippen LogP contribution is -2.15. The van der Waals surface area contributed by atoms with E-state index in [4.69, 9.17) is 0 Å². The number of benzene rings is 1. The minimum Gasteiger partial charge on any atom is -0.0944 e. The summed E-state index contributed by atoms with van der Waals surface area (Å²) in [4.78, 5) is 0. The minimum absolute atomic E-state index is 1.11. The lowest BCUT2D eigenvalue weighted by atomic mass is 10.0. The van der Waals surface area contributed by atoms with E-state index >= 15 is 0 Å². The highest BCUT2D eigenvalue weighted by Gasteiger charge is 2.15. The number of hydrogen-bond donors (Lipinski definition) is 0. The van der Waals surface area contributed by atoms with Crippen LogP contribution in [0.3, 0.4) is 0 Å². The van der Waals surface area contributed by atoms with Gasteiger partial charge in [0.15, 0.2) is 0 Å². The van der Waals surface area contributed by atoms with Crippen molar-refractivity contribution < 1.29 is 0 Å². The van der Waals surface area contributed by atoms with Crippen LogP contribution in [0.1, 0.15) is 42.9 Å². The van der Waals surface area contributed by atoms with Crippen molar-refractivity contribution in [3.63, 3.8) is 0 Å². The molecule has 0 N–H and O–H groups in total. The molecule has 0 saturated carbocycles. The summed E-state index contributed by atoms with van der Waals surface area (Å²) < 4.78 is 0. The first-order chi connectivity index (χ1) is 8.99. The molecule has 0 aromatic heterocycles. The molecule has 0 aliphatic heterocycles. The van der Waals surface area contributed by atoms with Crippen LogP contribution in [0.15, 0.2) is 29.5 Å². The second-order valence-electron chi connectivity index (χ2n) is 6.70. The Balaban J connectivity index is 2.23. The number of allylic oxidation sites excluding steroid dienone is 1. The van der Waals surface area contributed by atoms with Gasteiger partial charge in [0.25, 0.3) is 0 Å². The summed E-state index contributed by atoms with van der Waals surface area (Å²) in [5, 5.41) is 0. The summed E-state index contributed by atoms with van der Waals surface area (Å²) in [7, 11) is -1.11. The number of hydrogen-bond acceptors (Lipinski definition) is 0. The largest absolute Gasteiger partial charge is 0.0944 e. The molecule has 0 saturated heterocycles. The number of fused-ring (bicyclic) bond motifs is 1. The first kappa shape index (κ1) is 14.3. The maximum Gasteiger partial charge on any atom is 0.0687 e. The van der Waals surface area contributed by atoms with Crippen LogP contribution >= 0.6 is 0 Å². The Morgan fingerprint density at radius 2 is 2.00 bits per heavy atom. The van der Waals surface area contributed by atoms with E-state index in [-0.39, 0.29) is 0 Å². The van der Waals surface area contributed by atoms with Crippen LogP contribution in [0.5, 0.6) is 0 Å². The molecular weight excluding hydrogens is 244 g/mol. The number of rotatable bonds is 5. The zero-order valence-corrected chi connectivity index (χ0v) is 13.8. The third kappa shape index (κ3) is 3.94. The van der Waals surface area contributed by atoms with E-state index in [0.717, 1.165) is 0 Å². The van der Waals surface area contributed by atoms with Gasteiger partial charge in [-0.05, 0) is 36.0 Å². The van der Waals surface area contributed by atoms with Crippen molar-refractivity contribution in [2.24, 2.45) is 0 Å². The second kappa shape index (κ2) is 5.92. The molecule has 0 nitrogen and oxygen atoms in total. The van der Waals surface area contributed by atoms with Gasteiger partial charge in [-0.25, -0.2) is 0 Å². The van der Waals surface area contributed by atoms with E-state index in [1.54, 1.807) is 5.57 Å². The van der Waals surface area contributed by atoms with E-state index in [1.807, 2.05) is 0 Å². The molecular formula is C18H26Si. The van der Waals surface area contributed by atoms with Gasteiger partial charge in [-0.2, -0.15) is 0 Å². The topological polar surface area (TPSA) is 0 Å². The molecule has 102 valence electrons. The van der Waals surface area contributed by atoms with Gasteiger partial charge in [0.1, 0.15) is 0 Å². The highest BCUT2D eigenvalue weighted by Crippen LogP contribution is 2.31. The second-order valence-corrected chi connectivity index (χ2v) is 11.8.